The number of thiazole rings is 1. The van der Waals surface area contributed by atoms with E-state index in [1.807, 2.05) is 12.3 Å². The molecule has 1 aromatic rings. The number of nitrogens with zero attached hydrogens (tertiary/aromatic N) is 1. The van der Waals surface area contributed by atoms with Crippen LogP contribution in [0.4, 0.5) is 13.2 Å². The summed E-state index contributed by atoms with van der Waals surface area (Å²) in [6.45, 7) is 1.90. The van der Waals surface area contributed by atoms with Crippen molar-refractivity contribution in [3.8, 4) is 0 Å². The Bertz CT molecular complexity index is 410. The molecular formula is C13H18F3NOS. The fraction of sp³-hybridized carbons (Fsp3) is 0.769. The number of rotatable bonds is 3. The highest BCUT2D eigenvalue weighted by molar-refractivity contribution is 7.09. The molecule has 1 unspecified atom stereocenters. The molecule has 0 spiro atoms. The van der Waals surface area contributed by atoms with Gasteiger partial charge in [-0.2, -0.15) is 13.2 Å². The molecule has 2 rings (SSSR count). The van der Waals surface area contributed by atoms with E-state index in [1.54, 1.807) is 0 Å². The molecule has 1 fully saturated rings. The monoisotopic (exact) mass is 293 g/mol. The molecule has 1 heterocycles. The second-order valence-corrected chi connectivity index (χ2v) is 6.34. The van der Waals surface area contributed by atoms with Gasteiger partial charge in [0.05, 0.1) is 22.7 Å². The molecule has 0 radical (unpaired) electrons. The Balaban J connectivity index is 1.84. The molecular weight excluding hydrogens is 275 g/mol. The van der Waals surface area contributed by atoms with Crippen LogP contribution in [0.1, 0.15) is 36.4 Å². The summed E-state index contributed by atoms with van der Waals surface area (Å²) in [7, 11) is 0. The zero-order valence-corrected chi connectivity index (χ0v) is 11.6. The van der Waals surface area contributed by atoms with Gasteiger partial charge in [-0.15, -0.1) is 11.3 Å². The number of alkyl halides is 3. The molecule has 0 aromatic carbocycles. The lowest BCUT2D eigenvalue weighted by Crippen LogP contribution is -2.32. The number of hydrogen-bond acceptors (Lipinski definition) is 3. The molecule has 0 aliphatic heterocycles. The van der Waals surface area contributed by atoms with Crippen molar-refractivity contribution in [2.45, 2.75) is 51.3 Å². The van der Waals surface area contributed by atoms with Gasteiger partial charge < -0.3 is 5.11 Å². The van der Waals surface area contributed by atoms with Gasteiger partial charge in [0.25, 0.3) is 0 Å². The van der Waals surface area contributed by atoms with Crippen LogP contribution in [0.5, 0.6) is 0 Å². The van der Waals surface area contributed by atoms with Gasteiger partial charge in [0, 0.05) is 11.8 Å². The maximum absolute atomic E-state index is 12.5. The zero-order valence-electron chi connectivity index (χ0n) is 10.8. The average Bonchev–Trinajstić information content (AvgIpc) is 2.74. The highest BCUT2D eigenvalue weighted by atomic mass is 32.1. The van der Waals surface area contributed by atoms with E-state index in [0.717, 1.165) is 10.7 Å². The van der Waals surface area contributed by atoms with E-state index in [4.69, 9.17) is 0 Å². The van der Waals surface area contributed by atoms with E-state index in [-0.39, 0.29) is 18.8 Å². The molecule has 108 valence electrons. The first kappa shape index (κ1) is 14.8. The van der Waals surface area contributed by atoms with E-state index >= 15 is 0 Å². The lowest BCUT2D eigenvalue weighted by Gasteiger charge is -2.32. The summed E-state index contributed by atoms with van der Waals surface area (Å²) in [6.07, 6.45) is -3.02. The molecule has 0 saturated heterocycles. The second-order valence-electron chi connectivity index (χ2n) is 5.28. The third-order valence-electron chi connectivity index (χ3n) is 3.86. The summed E-state index contributed by atoms with van der Waals surface area (Å²) in [5, 5.41) is 13.0. The minimum atomic E-state index is -4.08. The predicted molar refractivity (Wildman–Crippen MR) is 68.1 cm³/mol. The van der Waals surface area contributed by atoms with Crippen molar-refractivity contribution >= 4 is 11.3 Å². The van der Waals surface area contributed by atoms with E-state index in [0.29, 0.717) is 19.3 Å². The Morgan fingerprint density at radius 3 is 2.47 bits per heavy atom. The Kier molecular flexibility index (Phi) is 4.50. The zero-order chi connectivity index (χ0) is 14.0. The van der Waals surface area contributed by atoms with Gasteiger partial charge in [-0.05, 0) is 38.5 Å². The quantitative estimate of drug-likeness (QED) is 0.921. The molecule has 1 aromatic heterocycles. The van der Waals surface area contributed by atoms with Gasteiger partial charge >= 0.3 is 6.18 Å². The molecule has 0 amide bonds. The molecule has 19 heavy (non-hydrogen) atoms. The third-order valence-corrected chi connectivity index (χ3v) is 4.69. The predicted octanol–water partition coefficient (Wildman–Crippen LogP) is 3.72. The van der Waals surface area contributed by atoms with Crippen LogP contribution in [0.3, 0.4) is 0 Å². The van der Waals surface area contributed by atoms with Crippen LogP contribution < -0.4 is 0 Å². The number of halogens is 3. The number of aliphatic hydroxyl groups is 1. The molecule has 0 bridgehead atoms. The first-order valence-electron chi connectivity index (χ1n) is 6.52. The van der Waals surface area contributed by atoms with Gasteiger partial charge in [-0.3, -0.25) is 0 Å². The van der Waals surface area contributed by atoms with Crippen molar-refractivity contribution in [2.75, 3.05) is 0 Å². The fourth-order valence-electron chi connectivity index (χ4n) is 2.71. The van der Waals surface area contributed by atoms with Crippen LogP contribution in [-0.2, 0) is 6.42 Å². The second kappa shape index (κ2) is 5.79. The minimum Gasteiger partial charge on any atom is -0.392 e. The standard InChI is InChI=1S/C13H18F3NOS/c1-8-17-11(7-19-8)6-12(18)9-2-4-10(5-3-9)13(14,15)16/h7,9-10,12,18H,2-6H2,1H3. The summed E-state index contributed by atoms with van der Waals surface area (Å²) in [5.41, 5.74) is 0.841. The summed E-state index contributed by atoms with van der Waals surface area (Å²) in [5.74, 6) is -1.21. The number of aliphatic hydroxyl groups excluding tert-OH is 1. The van der Waals surface area contributed by atoms with Gasteiger partial charge in [0.2, 0.25) is 0 Å². The van der Waals surface area contributed by atoms with Gasteiger partial charge in [-0.25, -0.2) is 4.98 Å². The molecule has 1 aliphatic rings. The third kappa shape index (κ3) is 3.92. The first-order valence-corrected chi connectivity index (χ1v) is 7.40. The van der Waals surface area contributed by atoms with Crippen molar-refractivity contribution in [2.24, 2.45) is 11.8 Å². The largest absolute Gasteiger partial charge is 0.392 e. The van der Waals surface area contributed by atoms with Gasteiger partial charge in [0.15, 0.2) is 0 Å². The number of aromatic nitrogens is 1. The van der Waals surface area contributed by atoms with Crippen molar-refractivity contribution in [1.29, 1.82) is 0 Å². The van der Waals surface area contributed by atoms with E-state index in [2.05, 4.69) is 4.98 Å². The maximum Gasteiger partial charge on any atom is 0.391 e. The lowest BCUT2D eigenvalue weighted by atomic mass is 9.78. The smallest absolute Gasteiger partial charge is 0.391 e. The number of hydrogen-bond donors (Lipinski definition) is 1. The topological polar surface area (TPSA) is 33.1 Å². The first-order chi connectivity index (χ1) is 8.86. The minimum absolute atomic E-state index is 0.0272. The summed E-state index contributed by atoms with van der Waals surface area (Å²) < 4.78 is 37.6. The average molecular weight is 293 g/mol. The van der Waals surface area contributed by atoms with Crippen molar-refractivity contribution in [3.05, 3.63) is 16.1 Å². The Labute approximate surface area is 114 Å². The SMILES string of the molecule is Cc1nc(CC(O)C2CCC(C(F)(F)F)CC2)cs1. The Morgan fingerprint density at radius 1 is 1.37 bits per heavy atom. The van der Waals surface area contributed by atoms with Crippen molar-refractivity contribution < 1.29 is 18.3 Å². The van der Waals surface area contributed by atoms with Crippen LogP contribution in [0, 0.1) is 18.8 Å². The normalized spacial score (nSPS) is 26.4. The molecule has 6 heteroatoms. The van der Waals surface area contributed by atoms with Crippen LogP contribution in [0.25, 0.3) is 0 Å². The molecule has 2 nitrogen and oxygen atoms in total. The maximum atomic E-state index is 12.5. The highest BCUT2D eigenvalue weighted by Crippen LogP contribution is 2.40. The van der Waals surface area contributed by atoms with Crippen LogP contribution in [0.2, 0.25) is 0 Å². The van der Waals surface area contributed by atoms with E-state index < -0.39 is 18.2 Å². The van der Waals surface area contributed by atoms with Crippen molar-refractivity contribution in [3.63, 3.8) is 0 Å². The molecule has 1 aliphatic carbocycles. The summed E-state index contributed by atoms with van der Waals surface area (Å²) in [4.78, 5) is 4.28. The molecule has 1 atom stereocenters. The molecule has 1 saturated carbocycles. The Hall–Kier alpha value is -0.620. The van der Waals surface area contributed by atoms with E-state index in [1.165, 1.54) is 11.3 Å². The van der Waals surface area contributed by atoms with Gasteiger partial charge in [0.1, 0.15) is 0 Å². The molecule has 1 N–H and O–H groups in total. The van der Waals surface area contributed by atoms with Crippen LogP contribution in [0.15, 0.2) is 5.38 Å². The van der Waals surface area contributed by atoms with Gasteiger partial charge in [-0.1, -0.05) is 0 Å². The van der Waals surface area contributed by atoms with Crippen LogP contribution in [-0.4, -0.2) is 22.4 Å². The highest BCUT2D eigenvalue weighted by Gasteiger charge is 2.42. The fourth-order valence-corrected chi connectivity index (χ4v) is 3.34. The van der Waals surface area contributed by atoms with E-state index in [9.17, 15) is 18.3 Å². The summed E-state index contributed by atoms with van der Waals surface area (Å²) >= 11 is 1.53. The lowest BCUT2D eigenvalue weighted by molar-refractivity contribution is -0.185. The van der Waals surface area contributed by atoms with Crippen LogP contribution >= 0.6 is 11.3 Å². The van der Waals surface area contributed by atoms with Crippen molar-refractivity contribution in [1.82, 2.24) is 4.98 Å². The number of aryl methyl sites for hydroxylation is 1. The summed E-state index contributed by atoms with van der Waals surface area (Å²) in [6, 6.07) is 0. The Morgan fingerprint density at radius 2 is 2.00 bits per heavy atom.